The van der Waals surface area contributed by atoms with Crippen LogP contribution in [0.25, 0.3) is 0 Å². The Morgan fingerprint density at radius 3 is 1.89 bits per heavy atom. The molecule has 0 radical (unpaired) electrons. The first-order chi connectivity index (χ1) is 13.6. The maximum absolute atomic E-state index is 10.9. The molecular weight excluding hydrogens is 358 g/mol. The quantitative estimate of drug-likeness (QED) is 0.288. The number of methoxy groups -OCH3 is 2. The number of aliphatic imine (C=N–C) groups is 1. The van der Waals surface area contributed by atoms with Crippen molar-refractivity contribution in [1.82, 2.24) is 0 Å². The molecule has 0 fully saturated rings. The normalized spacial score (nSPS) is 11.0. The molecule has 3 aromatic carbocycles. The molecule has 0 saturated carbocycles. The van der Waals surface area contributed by atoms with Crippen molar-refractivity contribution in [2.24, 2.45) is 4.99 Å². The summed E-state index contributed by atoms with van der Waals surface area (Å²) < 4.78 is 10.4. The van der Waals surface area contributed by atoms with Crippen molar-refractivity contribution in [2.75, 3.05) is 19.5 Å². The monoisotopic (exact) mass is 377 g/mol. The fourth-order valence-corrected chi connectivity index (χ4v) is 2.50. The summed E-state index contributed by atoms with van der Waals surface area (Å²) in [7, 11) is 3.21. The first-order valence-corrected chi connectivity index (χ1v) is 8.47. The minimum Gasteiger partial charge on any atom is -0.497 e. The Labute approximate surface area is 162 Å². The summed E-state index contributed by atoms with van der Waals surface area (Å²) in [4.78, 5) is 15.2. The van der Waals surface area contributed by atoms with Crippen LogP contribution in [0.15, 0.2) is 77.8 Å². The molecule has 7 nitrogen and oxygen atoms in total. The Morgan fingerprint density at radius 1 is 0.857 bits per heavy atom. The Bertz CT molecular complexity index is 966. The van der Waals surface area contributed by atoms with E-state index in [1.54, 1.807) is 26.4 Å². The third-order valence-corrected chi connectivity index (χ3v) is 4.02. The summed E-state index contributed by atoms with van der Waals surface area (Å²) in [6.45, 7) is 0. The Morgan fingerprint density at radius 2 is 1.39 bits per heavy atom. The van der Waals surface area contributed by atoms with Crippen molar-refractivity contribution < 1.29 is 14.4 Å². The van der Waals surface area contributed by atoms with Crippen LogP contribution in [0.3, 0.4) is 0 Å². The van der Waals surface area contributed by atoms with Crippen molar-refractivity contribution in [1.29, 1.82) is 0 Å². The molecule has 0 aliphatic rings. The van der Waals surface area contributed by atoms with Crippen molar-refractivity contribution in [3.8, 4) is 11.5 Å². The first kappa shape index (κ1) is 18.9. The minimum absolute atomic E-state index is 0.0250. The van der Waals surface area contributed by atoms with Gasteiger partial charge in [-0.1, -0.05) is 0 Å². The largest absolute Gasteiger partial charge is 0.497 e. The van der Waals surface area contributed by atoms with Gasteiger partial charge in [0.25, 0.3) is 5.69 Å². The molecule has 142 valence electrons. The van der Waals surface area contributed by atoms with Gasteiger partial charge in [-0.25, -0.2) is 4.99 Å². The van der Waals surface area contributed by atoms with Gasteiger partial charge < -0.3 is 14.8 Å². The molecule has 0 atom stereocenters. The van der Waals surface area contributed by atoms with Crippen LogP contribution in [0.4, 0.5) is 17.1 Å². The summed E-state index contributed by atoms with van der Waals surface area (Å²) in [5.41, 5.74) is 2.27. The fraction of sp³-hybridized carbons (Fsp3) is 0.0952. The number of nitro groups is 1. The van der Waals surface area contributed by atoms with Gasteiger partial charge >= 0.3 is 0 Å². The average Bonchev–Trinajstić information content (AvgIpc) is 2.74. The maximum atomic E-state index is 10.9. The standard InChI is InChI=1S/C21H19N3O4/c1-27-19-11-5-16(6-12-19)22-21(15-3-9-18(10-4-15)24(25)26)23-17-7-13-20(28-2)14-8-17/h3-14H,1-2H3,(H,22,23). The molecular formula is C21H19N3O4. The molecule has 28 heavy (non-hydrogen) atoms. The van der Waals surface area contributed by atoms with Gasteiger partial charge in [-0.05, 0) is 60.7 Å². The molecule has 3 rings (SSSR count). The van der Waals surface area contributed by atoms with Gasteiger partial charge in [0.1, 0.15) is 17.3 Å². The lowest BCUT2D eigenvalue weighted by Crippen LogP contribution is -2.13. The zero-order valence-electron chi connectivity index (χ0n) is 15.5. The molecule has 0 aliphatic heterocycles. The van der Waals surface area contributed by atoms with E-state index in [0.717, 1.165) is 28.4 Å². The van der Waals surface area contributed by atoms with Gasteiger partial charge in [0.05, 0.1) is 24.8 Å². The molecule has 0 amide bonds. The lowest BCUT2D eigenvalue weighted by Gasteiger charge is -2.11. The predicted molar refractivity (Wildman–Crippen MR) is 109 cm³/mol. The van der Waals surface area contributed by atoms with Crippen molar-refractivity contribution >= 4 is 22.9 Å². The molecule has 0 aromatic heterocycles. The van der Waals surface area contributed by atoms with E-state index in [4.69, 9.17) is 9.47 Å². The molecule has 1 N–H and O–H groups in total. The molecule has 0 aliphatic carbocycles. The van der Waals surface area contributed by atoms with Gasteiger partial charge in [-0.2, -0.15) is 0 Å². The zero-order valence-corrected chi connectivity index (χ0v) is 15.5. The minimum atomic E-state index is -0.430. The molecule has 0 heterocycles. The number of hydrogen-bond donors (Lipinski definition) is 1. The lowest BCUT2D eigenvalue weighted by atomic mass is 10.1. The highest BCUT2D eigenvalue weighted by molar-refractivity contribution is 6.09. The van der Waals surface area contributed by atoms with Crippen LogP contribution in [0.1, 0.15) is 5.56 Å². The van der Waals surface area contributed by atoms with Crippen LogP contribution >= 0.6 is 0 Å². The van der Waals surface area contributed by atoms with Crippen LogP contribution in [0.2, 0.25) is 0 Å². The van der Waals surface area contributed by atoms with E-state index in [-0.39, 0.29) is 5.69 Å². The molecule has 0 saturated heterocycles. The van der Waals surface area contributed by atoms with E-state index in [2.05, 4.69) is 10.3 Å². The van der Waals surface area contributed by atoms with Crippen molar-refractivity contribution in [2.45, 2.75) is 0 Å². The number of rotatable bonds is 6. The lowest BCUT2D eigenvalue weighted by molar-refractivity contribution is -0.384. The van der Waals surface area contributed by atoms with Crippen LogP contribution in [-0.4, -0.2) is 25.0 Å². The number of nitrogens with one attached hydrogen (secondary N) is 1. The van der Waals surface area contributed by atoms with Gasteiger partial charge in [0.15, 0.2) is 0 Å². The van der Waals surface area contributed by atoms with Gasteiger partial charge in [-0.15, -0.1) is 0 Å². The number of amidine groups is 1. The molecule has 0 spiro atoms. The zero-order chi connectivity index (χ0) is 19.9. The van der Waals surface area contributed by atoms with E-state index in [9.17, 15) is 10.1 Å². The van der Waals surface area contributed by atoms with Crippen LogP contribution in [0.5, 0.6) is 11.5 Å². The van der Waals surface area contributed by atoms with Crippen molar-refractivity contribution in [3.05, 3.63) is 88.5 Å². The highest BCUT2D eigenvalue weighted by atomic mass is 16.6. The maximum Gasteiger partial charge on any atom is 0.269 e. The van der Waals surface area contributed by atoms with E-state index >= 15 is 0 Å². The molecule has 7 heteroatoms. The van der Waals surface area contributed by atoms with Crippen LogP contribution in [-0.2, 0) is 0 Å². The van der Waals surface area contributed by atoms with E-state index in [1.165, 1.54) is 12.1 Å². The summed E-state index contributed by atoms with van der Waals surface area (Å²) in [6.07, 6.45) is 0. The Hall–Kier alpha value is -3.87. The highest BCUT2D eigenvalue weighted by Crippen LogP contribution is 2.22. The smallest absolute Gasteiger partial charge is 0.269 e. The second kappa shape index (κ2) is 8.68. The molecule has 0 unspecified atom stereocenters. The van der Waals surface area contributed by atoms with Crippen molar-refractivity contribution in [3.63, 3.8) is 0 Å². The predicted octanol–water partition coefficient (Wildman–Crippen LogP) is 4.80. The highest BCUT2D eigenvalue weighted by Gasteiger charge is 2.09. The van der Waals surface area contributed by atoms with E-state index in [1.807, 2.05) is 48.5 Å². The number of non-ortho nitro benzene ring substituents is 1. The van der Waals surface area contributed by atoms with E-state index in [0.29, 0.717) is 5.84 Å². The average molecular weight is 377 g/mol. The number of ether oxygens (including phenoxy) is 2. The van der Waals surface area contributed by atoms with Gasteiger partial charge in [0, 0.05) is 23.4 Å². The third kappa shape index (κ3) is 4.64. The summed E-state index contributed by atoms with van der Waals surface area (Å²) >= 11 is 0. The summed E-state index contributed by atoms with van der Waals surface area (Å²) in [5, 5.41) is 14.2. The molecule has 3 aromatic rings. The molecule has 0 bridgehead atoms. The second-order valence-corrected chi connectivity index (χ2v) is 5.82. The summed E-state index contributed by atoms with van der Waals surface area (Å²) in [5.74, 6) is 2.04. The number of hydrogen-bond acceptors (Lipinski definition) is 5. The van der Waals surface area contributed by atoms with E-state index < -0.39 is 4.92 Å². The number of anilines is 1. The Balaban J connectivity index is 1.96. The second-order valence-electron chi connectivity index (χ2n) is 5.82. The number of nitro benzene ring substituents is 1. The number of nitrogens with zero attached hydrogens (tertiary/aromatic N) is 2. The third-order valence-electron chi connectivity index (χ3n) is 4.02. The van der Waals surface area contributed by atoms with Gasteiger partial charge in [-0.3, -0.25) is 10.1 Å². The summed E-state index contributed by atoms with van der Waals surface area (Å²) in [6, 6.07) is 20.9. The van der Waals surface area contributed by atoms with Crippen LogP contribution in [0, 0.1) is 10.1 Å². The Kier molecular flexibility index (Phi) is 5.86. The first-order valence-electron chi connectivity index (χ1n) is 8.47. The SMILES string of the molecule is COc1ccc(N=C(Nc2ccc(OC)cc2)c2ccc([N+](=O)[O-])cc2)cc1. The topological polar surface area (TPSA) is 86.0 Å². The van der Waals surface area contributed by atoms with Gasteiger partial charge in [0.2, 0.25) is 0 Å². The van der Waals surface area contributed by atoms with Crippen LogP contribution < -0.4 is 14.8 Å². The number of benzene rings is 3. The fourth-order valence-electron chi connectivity index (χ4n) is 2.50.